The summed E-state index contributed by atoms with van der Waals surface area (Å²) in [4.78, 5) is 12.2. The van der Waals surface area contributed by atoms with E-state index in [1.165, 1.54) is 19.3 Å². The maximum Gasteiger partial charge on any atom is 0.224 e. The predicted octanol–water partition coefficient (Wildman–Crippen LogP) is 2.29. The molecule has 2 fully saturated rings. The summed E-state index contributed by atoms with van der Waals surface area (Å²) in [6, 6.07) is 0.483. The molecule has 3 N–H and O–H groups in total. The van der Waals surface area contributed by atoms with Gasteiger partial charge >= 0.3 is 0 Å². The van der Waals surface area contributed by atoms with E-state index in [9.17, 15) is 4.79 Å². The number of carbonyl (C=O) groups excluding carboxylic acids is 1. The lowest BCUT2D eigenvalue weighted by Crippen LogP contribution is -2.47. The zero-order valence-electron chi connectivity index (χ0n) is 11.4. The Balaban J connectivity index is 1.77. The van der Waals surface area contributed by atoms with Gasteiger partial charge in [-0.1, -0.05) is 12.8 Å². The Bertz CT molecular complexity index is 277. The van der Waals surface area contributed by atoms with Crippen LogP contribution >= 0.6 is 11.8 Å². The lowest BCUT2D eigenvalue weighted by molar-refractivity contribution is -0.127. The molecule has 2 atom stereocenters. The zero-order chi connectivity index (χ0) is 13.0. The lowest BCUT2D eigenvalue weighted by Gasteiger charge is -2.32. The molecule has 0 aliphatic heterocycles. The number of nitrogens with one attached hydrogen (secondary N) is 1. The summed E-state index contributed by atoms with van der Waals surface area (Å²) in [5, 5.41) is 4.04. The fourth-order valence-electron chi connectivity index (χ4n) is 3.24. The summed E-state index contributed by atoms with van der Waals surface area (Å²) in [7, 11) is 0. The fraction of sp³-hybridized carbons (Fsp3) is 0.929. The van der Waals surface area contributed by atoms with Crippen molar-refractivity contribution in [1.82, 2.24) is 5.32 Å². The van der Waals surface area contributed by atoms with Gasteiger partial charge in [0.1, 0.15) is 0 Å². The summed E-state index contributed by atoms with van der Waals surface area (Å²) >= 11 is 1.96. The van der Waals surface area contributed by atoms with Crippen LogP contribution in [0.3, 0.4) is 0 Å². The number of hydrogen-bond donors (Lipinski definition) is 2. The molecule has 0 aromatic carbocycles. The van der Waals surface area contributed by atoms with Crippen LogP contribution in [-0.2, 0) is 4.79 Å². The van der Waals surface area contributed by atoms with E-state index in [0.717, 1.165) is 37.4 Å². The Hall–Kier alpha value is -0.220. The normalized spacial score (nSPS) is 37.2. The first-order valence-corrected chi connectivity index (χ1v) is 8.58. The molecule has 2 aliphatic rings. The third-order valence-electron chi connectivity index (χ3n) is 4.51. The summed E-state index contributed by atoms with van der Waals surface area (Å²) in [5.74, 6) is 0.284. The maximum absolute atomic E-state index is 12.2. The minimum absolute atomic E-state index is 0.0667. The van der Waals surface area contributed by atoms with Crippen LogP contribution in [0.1, 0.15) is 51.4 Å². The van der Waals surface area contributed by atoms with Crippen molar-refractivity contribution in [1.29, 1.82) is 0 Å². The average molecular weight is 270 g/mol. The second-order valence-corrected chi connectivity index (χ2v) is 6.91. The molecular weight excluding hydrogens is 244 g/mol. The van der Waals surface area contributed by atoms with E-state index in [-0.39, 0.29) is 17.9 Å². The minimum atomic E-state index is 0.0667. The fourth-order valence-corrected chi connectivity index (χ4v) is 3.98. The van der Waals surface area contributed by atoms with Crippen LogP contribution in [0.5, 0.6) is 0 Å². The first kappa shape index (κ1) is 14.2. The standard InChI is InChI=1S/C14H26N2OS/c1-18-11-8-6-10(7-9-11)16-14(17)12-4-2-3-5-13(12)15/h10-13H,2-9,15H2,1H3,(H,16,17). The Morgan fingerprint density at radius 2 is 1.78 bits per heavy atom. The van der Waals surface area contributed by atoms with Crippen LogP contribution in [-0.4, -0.2) is 29.5 Å². The molecule has 104 valence electrons. The van der Waals surface area contributed by atoms with E-state index < -0.39 is 0 Å². The number of thioether (sulfide) groups is 1. The summed E-state index contributed by atoms with van der Waals surface area (Å²) in [6.45, 7) is 0. The molecule has 1 amide bonds. The van der Waals surface area contributed by atoms with Crippen LogP contribution in [0.4, 0.5) is 0 Å². The Morgan fingerprint density at radius 1 is 1.11 bits per heavy atom. The SMILES string of the molecule is CSC1CCC(NC(=O)C2CCCCC2N)CC1. The Kier molecular flexibility index (Phi) is 5.37. The van der Waals surface area contributed by atoms with Crippen LogP contribution < -0.4 is 11.1 Å². The molecule has 3 nitrogen and oxygen atoms in total. The maximum atomic E-state index is 12.2. The van der Waals surface area contributed by atoms with Crippen molar-refractivity contribution in [2.24, 2.45) is 11.7 Å². The first-order chi connectivity index (χ1) is 8.70. The summed E-state index contributed by atoms with van der Waals surface area (Å²) in [5.41, 5.74) is 6.06. The van der Waals surface area contributed by atoms with Gasteiger partial charge in [-0.3, -0.25) is 4.79 Å². The van der Waals surface area contributed by atoms with Crippen LogP contribution in [0, 0.1) is 5.92 Å². The van der Waals surface area contributed by atoms with Crippen molar-refractivity contribution in [3.8, 4) is 0 Å². The molecule has 2 saturated carbocycles. The van der Waals surface area contributed by atoms with Gasteiger partial charge in [-0.25, -0.2) is 0 Å². The van der Waals surface area contributed by atoms with E-state index in [1.54, 1.807) is 0 Å². The highest BCUT2D eigenvalue weighted by Gasteiger charge is 2.30. The number of amides is 1. The smallest absolute Gasteiger partial charge is 0.224 e. The molecule has 0 spiro atoms. The number of nitrogens with two attached hydrogens (primary N) is 1. The molecule has 0 heterocycles. The van der Waals surface area contributed by atoms with Crippen LogP contribution in [0.25, 0.3) is 0 Å². The molecule has 0 saturated heterocycles. The first-order valence-electron chi connectivity index (χ1n) is 7.29. The lowest BCUT2D eigenvalue weighted by atomic mass is 9.84. The van der Waals surface area contributed by atoms with Gasteiger partial charge in [-0.2, -0.15) is 11.8 Å². The van der Waals surface area contributed by atoms with Crippen molar-refractivity contribution < 1.29 is 4.79 Å². The molecule has 2 rings (SSSR count). The van der Waals surface area contributed by atoms with Crippen molar-refractivity contribution in [2.45, 2.75) is 68.7 Å². The Morgan fingerprint density at radius 3 is 2.39 bits per heavy atom. The van der Waals surface area contributed by atoms with E-state index in [0.29, 0.717) is 6.04 Å². The third-order valence-corrected chi connectivity index (χ3v) is 5.65. The Labute approximate surface area is 115 Å². The van der Waals surface area contributed by atoms with Gasteiger partial charge in [0, 0.05) is 17.3 Å². The largest absolute Gasteiger partial charge is 0.353 e. The van der Waals surface area contributed by atoms with Crippen molar-refractivity contribution in [3.05, 3.63) is 0 Å². The van der Waals surface area contributed by atoms with Gasteiger partial charge in [-0.05, 0) is 44.8 Å². The van der Waals surface area contributed by atoms with Gasteiger partial charge in [0.05, 0.1) is 5.92 Å². The van der Waals surface area contributed by atoms with Crippen molar-refractivity contribution >= 4 is 17.7 Å². The van der Waals surface area contributed by atoms with Gasteiger partial charge in [-0.15, -0.1) is 0 Å². The van der Waals surface area contributed by atoms with E-state index >= 15 is 0 Å². The van der Waals surface area contributed by atoms with Gasteiger partial charge in [0.15, 0.2) is 0 Å². The van der Waals surface area contributed by atoms with Gasteiger partial charge < -0.3 is 11.1 Å². The molecule has 0 aromatic heterocycles. The molecule has 0 bridgehead atoms. The van der Waals surface area contributed by atoms with Crippen molar-refractivity contribution in [3.63, 3.8) is 0 Å². The molecule has 2 unspecified atom stereocenters. The van der Waals surface area contributed by atoms with Crippen molar-refractivity contribution in [2.75, 3.05) is 6.26 Å². The van der Waals surface area contributed by atoms with E-state index in [2.05, 4.69) is 11.6 Å². The predicted molar refractivity (Wildman–Crippen MR) is 77.6 cm³/mol. The molecule has 4 heteroatoms. The second kappa shape index (κ2) is 6.80. The molecule has 0 radical (unpaired) electrons. The monoisotopic (exact) mass is 270 g/mol. The third kappa shape index (κ3) is 3.64. The average Bonchev–Trinajstić information content (AvgIpc) is 2.40. The second-order valence-electron chi connectivity index (χ2n) is 5.77. The summed E-state index contributed by atoms with van der Waals surface area (Å²) < 4.78 is 0. The number of rotatable bonds is 3. The molecule has 18 heavy (non-hydrogen) atoms. The molecule has 0 aromatic rings. The number of hydrogen-bond acceptors (Lipinski definition) is 3. The highest BCUT2D eigenvalue weighted by molar-refractivity contribution is 7.99. The van der Waals surface area contributed by atoms with Crippen LogP contribution in [0.15, 0.2) is 0 Å². The summed E-state index contributed by atoms with van der Waals surface area (Å²) in [6.07, 6.45) is 11.3. The molecular formula is C14H26N2OS. The number of carbonyl (C=O) groups is 1. The highest BCUT2D eigenvalue weighted by atomic mass is 32.2. The zero-order valence-corrected chi connectivity index (χ0v) is 12.2. The highest BCUT2D eigenvalue weighted by Crippen LogP contribution is 2.28. The molecule has 2 aliphatic carbocycles. The van der Waals surface area contributed by atoms with Gasteiger partial charge in [0.25, 0.3) is 0 Å². The van der Waals surface area contributed by atoms with Gasteiger partial charge in [0.2, 0.25) is 5.91 Å². The van der Waals surface area contributed by atoms with E-state index in [4.69, 9.17) is 5.73 Å². The van der Waals surface area contributed by atoms with E-state index in [1.807, 2.05) is 11.8 Å². The van der Waals surface area contributed by atoms with Crippen LogP contribution in [0.2, 0.25) is 0 Å². The topological polar surface area (TPSA) is 55.1 Å². The quantitative estimate of drug-likeness (QED) is 0.827. The minimum Gasteiger partial charge on any atom is -0.353 e.